The van der Waals surface area contributed by atoms with Crippen molar-refractivity contribution < 1.29 is 14.4 Å². The average molecular weight is 411 g/mol. The number of rotatable bonds is 8. The van der Waals surface area contributed by atoms with E-state index in [0.717, 1.165) is 24.9 Å². The molecule has 6 heteroatoms. The second-order valence-electron chi connectivity index (χ2n) is 8.49. The fourth-order valence-electron chi connectivity index (χ4n) is 4.91. The van der Waals surface area contributed by atoms with Crippen molar-refractivity contribution in [2.75, 3.05) is 27.3 Å². The van der Waals surface area contributed by atoms with Gasteiger partial charge in [0.15, 0.2) is 0 Å². The fraction of sp³-hybridized carbons (Fsp3) is 0.500. The maximum absolute atomic E-state index is 11.2. The molecule has 30 heavy (non-hydrogen) atoms. The molecule has 1 heterocycles. The van der Waals surface area contributed by atoms with Gasteiger partial charge in [-0.05, 0) is 67.8 Å². The lowest BCUT2D eigenvalue weighted by atomic mass is 9.67. The molecule has 2 fully saturated rings. The molecule has 0 N–H and O–H groups in total. The van der Waals surface area contributed by atoms with Crippen molar-refractivity contribution in [2.24, 2.45) is 5.92 Å². The second kappa shape index (κ2) is 9.14. The summed E-state index contributed by atoms with van der Waals surface area (Å²) in [5.74, 6) is 1.47. The number of ether oxygens (including phenoxy) is 2. The first-order valence-electron chi connectivity index (χ1n) is 10.8. The highest BCUT2D eigenvalue weighted by Gasteiger charge is 2.38. The lowest BCUT2D eigenvalue weighted by Crippen LogP contribution is -2.29. The molecule has 2 aromatic rings. The van der Waals surface area contributed by atoms with Crippen LogP contribution in [0.1, 0.15) is 54.4 Å². The predicted octanol–water partition coefficient (Wildman–Crippen LogP) is 5.08. The summed E-state index contributed by atoms with van der Waals surface area (Å²) in [7, 11) is 3.26. The van der Waals surface area contributed by atoms with Crippen LogP contribution in [0.3, 0.4) is 0 Å². The van der Waals surface area contributed by atoms with Crippen LogP contribution in [-0.4, -0.2) is 37.1 Å². The molecule has 0 radical (unpaired) electrons. The van der Waals surface area contributed by atoms with Crippen molar-refractivity contribution in [2.45, 2.75) is 44.2 Å². The normalized spacial score (nSPS) is 22.5. The van der Waals surface area contributed by atoms with E-state index in [0.29, 0.717) is 17.6 Å². The Morgan fingerprint density at radius 3 is 2.40 bits per heavy atom. The highest BCUT2D eigenvalue weighted by molar-refractivity contribution is 5.45. The summed E-state index contributed by atoms with van der Waals surface area (Å²) in [5.41, 5.74) is 3.58. The Morgan fingerprint density at radius 2 is 1.80 bits per heavy atom. The van der Waals surface area contributed by atoms with Gasteiger partial charge in [-0.2, -0.15) is 0 Å². The van der Waals surface area contributed by atoms with Gasteiger partial charge in [-0.3, -0.25) is 15.0 Å². The summed E-state index contributed by atoms with van der Waals surface area (Å²) in [6.07, 6.45) is 4.45. The van der Waals surface area contributed by atoms with Gasteiger partial charge in [-0.15, -0.1) is 0 Å². The molecular formula is C24H30N2O4. The number of nitrogens with zero attached hydrogens (tertiary/aromatic N) is 2. The SMILES string of the molecule is COc1ccc([N+](=O)[O-])cc1C(OC)C1CC(c2ccc(CN3CCCC3)cc2)C1. The van der Waals surface area contributed by atoms with Gasteiger partial charge in [-0.25, -0.2) is 0 Å². The Morgan fingerprint density at radius 1 is 1.10 bits per heavy atom. The maximum atomic E-state index is 11.2. The third-order valence-electron chi connectivity index (χ3n) is 6.64. The van der Waals surface area contributed by atoms with Gasteiger partial charge in [0, 0.05) is 31.4 Å². The molecule has 1 unspecified atom stereocenters. The number of nitro groups is 1. The molecule has 6 nitrogen and oxygen atoms in total. The molecule has 0 amide bonds. The van der Waals surface area contributed by atoms with Crippen molar-refractivity contribution in [3.8, 4) is 5.75 Å². The first-order chi connectivity index (χ1) is 14.6. The minimum Gasteiger partial charge on any atom is -0.496 e. The molecule has 0 spiro atoms. The summed E-state index contributed by atoms with van der Waals surface area (Å²) >= 11 is 0. The van der Waals surface area contributed by atoms with Crippen LogP contribution in [0.2, 0.25) is 0 Å². The first-order valence-corrected chi connectivity index (χ1v) is 10.8. The zero-order valence-electron chi connectivity index (χ0n) is 17.8. The van der Waals surface area contributed by atoms with Crippen molar-refractivity contribution in [1.82, 2.24) is 4.90 Å². The van der Waals surface area contributed by atoms with E-state index < -0.39 is 0 Å². The monoisotopic (exact) mass is 410 g/mol. The van der Waals surface area contributed by atoms with E-state index in [2.05, 4.69) is 29.2 Å². The van der Waals surface area contributed by atoms with Crippen LogP contribution in [0.4, 0.5) is 5.69 Å². The Labute approximate surface area is 177 Å². The molecule has 1 saturated heterocycles. The molecule has 1 aliphatic heterocycles. The van der Waals surface area contributed by atoms with E-state index in [9.17, 15) is 10.1 Å². The smallest absolute Gasteiger partial charge is 0.270 e. The largest absolute Gasteiger partial charge is 0.496 e. The van der Waals surface area contributed by atoms with Gasteiger partial charge < -0.3 is 9.47 Å². The van der Waals surface area contributed by atoms with Gasteiger partial charge in [-0.1, -0.05) is 24.3 Å². The molecule has 4 rings (SSSR count). The Balaban J connectivity index is 1.41. The van der Waals surface area contributed by atoms with Crippen LogP contribution >= 0.6 is 0 Å². The standard InChI is InChI=1S/C24H30N2O4/c1-29-23-10-9-21(26(27)28)15-22(23)24(30-2)20-13-19(14-20)18-7-5-17(6-8-18)16-25-11-3-4-12-25/h5-10,15,19-20,24H,3-4,11-14,16H2,1-2H3. The topological polar surface area (TPSA) is 64.8 Å². The van der Waals surface area contributed by atoms with Crippen LogP contribution in [0.5, 0.6) is 5.75 Å². The number of benzene rings is 2. The van der Waals surface area contributed by atoms with Gasteiger partial charge in [0.1, 0.15) is 5.75 Å². The van der Waals surface area contributed by atoms with Gasteiger partial charge in [0.25, 0.3) is 5.69 Å². The van der Waals surface area contributed by atoms with E-state index >= 15 is 0 Å². The Bertz CT molecular complexity index is 871. The van der Waals surface area contributed by atoms with Crippen molar-refractivity contribution in [3.05, 3.63) is 69.3 Å². The zero-order valence-corrected chi connectivity index (χ0v) is 17.8. The molecule has 1 aliphatic carbocycles. The molecule has 1 saturated carbocycles. The Hall–Kier alpha value is -2.44. The molecule has 2 aliphatic rings. The van der Waals surface area contributed by atoms with E-state index in [1.54, 1.807) is 26.4 Å². The molecule has 1 atom stereocenters. The molecule has 0 bridgehead atoms. The maximum Gasteiger partial charge on any atom is 0.270 e. The molecular weight excluding hydrogens is 380 g/mol. The highest BCUT2D eigenvalue weighted by atomic mass is 16.6. The number of hydrogen-bond acceptors (Lipinski definition) is 5. The average Bonchev–Trinajstić information content (AvgIpc) is 3.24. The summed E-state index contributed by atoms with van der Waals surface area (Å²) in [5, 5.41) is 11.2. The van der Waals surface area contributed by atoms with Gasteiger partial charge in [0.2, 0.25) is 0 Å². The number of non-ortho nitro benzene ring substituents is 1. The summed E-state index contributed by atoms with van der Waals surface area (Å²) in [6.45, 7) is 3.48. The lowest BCUT2D eigenvalue weighted by Gasteiger charge is -2.40. The van der Waals surface area contributed by atoms with Crippen molar-refractivity contribution >= 4 is 5.69 Å². The molecule has 0 aromatic heterocycles. The molecule has 160 valence electrons. The number of methoxy groups -OCH3 is 2. The summed E-state index contributed by atoms with van der Waals surface area (Å²) in [6, 6.07) is 13.8. The number of hydrogen-bond donors (Lipinski definition) is 0. The van der Waals surface area contributed by atoms with Crippen molar-refractivity contribution in [3.63, 3.8) is 0 Å². The van der Waals surface area contributed by atoms with Crippen LogP contribution in [0.15, 0.2) is 42.5 Å². The minimum atomic E-state index is -0.372. The zero-order chi connectivity index (χ0) is 21.1. The Kier molecular flexibility index (Phi) is 6.35. The first kappa shape index (κ1) is 20.8. The van der Waals surface area contributed by atoms with E-state index in [1.165, 1.54) is 43.1 Å². The van der Waals surface area contributed by atoms with Crippen LogP contribution in [0.25, 0.3) is 0 Å². The van der Waals surface area contributed by atoms with E-state index in [4.69, 9.17) is 9.47 Å². The van der Waals surface area contributed by atoms with Crippen LogP contribution in [0, 0.1) is 16.0 Å². The van der Waals surface area contributed by atoms with Crippen LogP contribution < -0.4 is 4.74 Å². The third kappa shape index (κ3) is 4.35. The highest BCUT2D eigenvalue weighted by Crippen LogP contribution is 2.50. The number of likely N-dealkylation sites (tertiary alicyclic amines) is 1. The van der Waals surface area contributed by atoms with Gasteiger partial charge >= 0.3 is 0 Å². The van der Waals surface area contributed by atoms with E-state index in [-0.39, 0.29) is 16.7 Å². The molecule has 2 aromatic carbocycles. The van der Waals surface area contributed by atoms with Crippen LogP contribution in [-0.2, 0) is 11.3 Å². The summed E-state index contributed by atoms with van der Waals surface area (Å²) < 4.78 is 11.2. The lowest BCUT2D eigenvalue weighted by molar-refractivity contribution is -0.385. The third-order valence-corrected chi connectivity index (χ3v) is 6.64. The number of nitro benzene ring substituents is 1. The van der Waals surface area contributed by atoms with Crippen molar-refractivity contribution in [1.29, 1.82) is 0 Å². The fourth-order valence-corrected chi connectivity index (χ4v) is 4.91. The second-order valence-corrected chi connectivity index (χ2v) is 8.49. The van der Waals surface area contributed by atoms with E-state index in [1.807, 2.05) is 0 Å². The minimum absolute atomic E-state index is 0.0670. The summed E-state index contributed by atoms with van der Waals surface area (Å²) in [4.78, 5) is 13.4. The quantitative estimate of drug-likeness (QED) is 0.448. The van der Waals surface area contributed by atoms with Gasteiger partial charge in [0.05, 0.1) is 18.1 Å². The predicted molar refractivity (Wildman–Crippen MR) is 116 cm³/mol.